The number of nitriles is 1. The fraction of sp³-hybridized carbons (Fsp3) is 0.579. The Balaban J connectivity index is 0.00000225. The van der Waals surface area contributed by atoms with Crippen molar-refractivity contribution in [3.8, 4) is 6.07 Å². The smallest absolute Gasteiger partial charge is 0.191 e. The lowest BCUT2D eigenvalue weighted by Gasteiger charge is -2.61. The molecule has 0 aliphatic heterocycles. The number of halogens is 1. The van der Waals surface area contributed by atoms with Crippen molar-refractivity contribution in [3.63, 3.8) is 0 Å². The zero-order valence-electron chi connectivity index (χ0n) is 14.9. The second-order valence-electron chi connectivity index (χ2n) is 6.70. The van der Waals surface area contributed by atoms with Crippen LogP contribution in [-0.2, 0) is 11.3 Å². The van der Waals surface area contributed by atoms with Crippen molar-refractivity contribution in [3.05, 3.63) is 35.4 Å². The molecule has 0 radical (unpaired) electrons. The van der Waals surface area contributed by atoms with Gasteiger partial charge in [-0.3, -0.25) is 4.99 Å². The first kappa shape index (κ1) is 20.0. The summed E-state index contributed by atoms with van der Waals surface area (Å²) < 4.78 is 5.90. The van der Waals surface area contributed by atoms with E-state index in [0.29, 0.717) is 29.7 Å². The maximum Gasteiger partial charge on any atom is 0.191 e. The monoisotopic (exact) mass is 454 g/mol. The number of aliphatic imine (C=N–C) groups is 1. The molecule has 0 amide bonds. The van der Waals surface area contributed by atoms with Crippen LogP contribution in [0, 0.1) is 16.7 Å². The molecule has 2 fully saturated rings. The summed E-state index contributed by atoms with van der Waals surface area (Å²) in [4.78, 5) is 4.35. The lowest BCUT2D eigenvalue weighted by Crippen LogP contribution is -2.68. The molecule has 1 aromatic carbocycles. The third-order valence-corrected chi connectivity index (χ3v) is 5.49. The quantitative estimate of drug-likeness (QED) is 0.408. The molecule has 1 aromatic rings. The van der Waals surface area contributed by atoms with Gasteiger partial charge < -0.3 is 15.4 Å². The molecule has 2 aliphatic rings. The molecule has 2 atom stereocenters. The molecule has 2 unspecified atom stereocenters. The van der Waals surface area contributed by atoms with E-state index in [2.05, 4.69) is 28.6 Å². The van der Waals surface area contributed by atoms with E-state index in [-0.39, 0.29) is 24.0 Å². The number of nitrogens with one attached hydrogen (secondary N) is 2. The molecular weight excluding hydrogens is 427 g/mol. The van der Waals surface area contributed by atoms with Crippen LogP contribution in [0.15, 0.2) is 29.3 Å². The van der Waals surface area contributed by atoms with E-state index in [4.69, 9.17) is 10.00 Å². The first-order valence-corrected chi connectivity index (χ1v) is 8.79. The minimum absolute atomic E-state index is 0. The molecule has 6 heteroatoms. The number of hydrogen-bond acceptors (Lipinski definition) is 3. The second-order valence-corrected chi connectivity index (χ2v) is 6.70. The van der Waals surface area contributed by atoms with Gasteiger partial charge in [0.25, 0.3) is 0 Å². The predicted molar refractivity (Wildman–Crippen MR) is 110 cm³/mol. The summed E-state index contributed by atoms with van der Waals surface area (Å²) in [5.74, 6) is 0.823. The van der Waals surface area contributed by atoms with Crippen molar-refractivity contribution >= 4 is 29.9 Å². The van der Waals surface area contributed by atoms with E-state index in [1.807, 2.05) is 24.3 Å². The van der Waals surface area contributed by atoms with E-state index in [1.54, 1.807) is 7.05 Å². The third-order valence-electron chi connectivity index (χ3n) is 5.49. The Bertz CT molecular complexity index is 651. The summed E-state index contributed by atoms with van der Waals surface area (Å²) in [6.45, 7) is 3.52. The normalized spacial score (nSPS) is 23.6. The van der Waals surface area contributed by atoms with Crippen molar-refractivity contribution in [2.45, 2.75) is 51.3 Å². The Hall–Kier alpha value is -1.33. The number of ether oxygens (including phenoxy) is 1. The fourth-order valence-corrected chi connectivity index (χ4v) is 3.94. The summed E-state index contributed by atoms with van der Waals surface area (Å²) in [5, 5.41) is 15.9. The number of nitrogens with zero attached hydrogens (tertiary/aromatic N) is 2. The molecule has 25 heavy (non-hydrogen) atoms. The average Bonchev–Trinajstić information content (AvgIpc) is 2.55. The number of hydrogen-bond donors (Lipinski definition) is 2. The lowest BCUT2D eigenvalue weighted by molar-refractivity contribution is -0.168. The first-order chi connectivity index (χ1) is 11.7. The molecule has 0 heterocycles. The van der Waals surface area contributed by atoms with Gasteiger partial charge in [-0.05, 0) is 43.9 Å². The molecule has 0 saturated heterocycles. The van der Waals surface area contributed by atoms with Gasteiger partial charge in [-0.1, -0.05) is 18.6 Å². The van der Waals surface area contributed by atoms with Crippen LogP contribution in [0.1, 0.15) is 43.7 Å². The highest BCUT2D eigenvalue weighted by molar-refractivity contribution is 14.0. The second kappa shape index (κ2) is 8.86. The molecule has 2 N–H and O–H groups in total. The molecule has 5 nitrogen and oxygen atoms in total. The number of benzene rings is 1. The van der Waals surface area contributed by atoms with Gasteiger partial charge >= 0.3 is 0 Å². The van der Waals surface area contributed by atoms with Crippen LogP contribution in [0.5, 0.6) is 0 Å². The van der Waals surface area contributed by atoms with E-state index in [0.717, 1.165) is 24.6 Å². The standard InChI is InChI=1S/C19H26N4O.HI/c1-3-24-17-11-16(19(17)8-5-9-19)23-18(21-2)22-13-15-7-4-6-14(10-15)12-20;/h4,6-7,10,16-17H,3,5,8-9,11,13H2,1-2H3,(H2,21,22,23);1H. The van der Waals surface area contributed by atoms with Gasteiger partial charge in [0.05, 0.1) is 17.7 Å². The average molecular weight is 454 g/mol. The van der Waals surface area contributed by atoms with Gasteiger partial charge in [-0.15, -0.1) is 24.0 Å². The third kappa shape index (κ3) is 4.09. The highest BCUT2D eigenvalue weighted by Crippen LogP contribution is 2.57. The van der Waals surface area contributed by atoms with Crippen molar-refractivity contribution in [2.24, 2.45) is 10.4 Å². The van der Waals surface area contributed by atoms with Crippen LogP contribution in [-0.4, -0.2) is 31.8 Å². The zero-order valence-corrected chi connectivity index (χ0v) is 17.2. The highest BCUT2D eigenvalue weighted by atomic mass is 127. The molecule has 0 bridgehead atoms. The number of guanidine groups is 1. The number of rotatable bonds is 5. The molecule has 1 spiro atoms. The van der Waals surface area contributed by atoms with Crippen LogP contribution < -0.4 is 10.6 Å². The van der Waals surface area contributed by atoms with Gasteiger partial charge in [0.1, 0.15) is 0 Å². The first-order valence-electron chi connectivity index (χ1n) is 8.79. The summed E-state index contributed by atoms with van der Waals surface area (Å²) in [6, 6.07) is 10.3. The van der Waals surface area contributed by atoms with Crippen molar-refractivity contribution in [2.75, 3.05) is 13.7 Å². The van der Waals surface area contributed by atoms with E-state index >= 15 is 0 Å². The zero-order chi connectivity index (χ0) is 17.0. The fourth-order valence-electron chi connectivity index (χ4n) is 3.94. The van der Waals surface area contributed by atoms with Crippen molar-refractivity contribution < 1.29 is 4.74 Å². The van der Waals surface area contributed by atoms with Crippen molar-refractivity contribution in [1.82, 2.24) is 10.6 Å². The highest BCUT2D eigenvalue weighted by Gasteiger charge is 2.59. The minimum Gasteiger partial charge on any atom is -0.378 e. The molecule has 2 aliphatic carbocycles. The SMILES string of the molecule is CCOC1CC(NC(=NC)NCc2cccc(C#N)c2)C12CCC2.I. The lowest BCUT2D eigenvalue weighted by atomic mass is 9.51. The van der Waals surface area contributed by atoms with Gasteiger partial charge in [0, 0.05) is 31.7 Å². The van der Waals surface area contributed by atoms with Crippen LogP contribution >= 0.6 is 24.0 Å². The van der Waals surface area contributed by atoms with E-state index < -0.39 is 0 Å². The topological polar surface area (TPSA) is 69.4 Å². The summed E-state index contributed by atoms with van der Waals surface area (Å²) in [5.41, 5.74) is 2.08. The maximum absolute atomic E-state index is 8.99. The summed E-state index contributed by atoms with van der Waals surface area (Å²) >= 11 is 0. The molecule has 2 saturated carbocycles. The van der Waals surface area contributed by atoms with Gasteiger partial charge in [0.15, 0.2) is 5.96 Å². The summed E-state index contributed by atoms with van der Waals surface area (Å²) in [7, 11) is 1.80. The van der Waals surface area contributed by atoms with Crippen LogP contribution in [0.25, 0.3) is 0 Å². The maximum atomic E-state index is 8.99. The molecular formula is C19H27IN4O. The summed E-state index contributed by atoms with van der Waals surface area (Å²) in [6.07, 6.45) is 5.25. The Morgan fingerprint density at radius 3 is 2.84 bits per heavy atom. The van der Waals surface area contributed by atoms with Gasteiger partial charge in [-0.25, -0.2) is 0 Å². The Labute approximate surface area is 167 Å². The molecule has 136 valence electrons. The molecule has 0 aromatic heterocycles. The Morgan fingerprint density at radius 2 is 2.24 bits per heavy atom. The van der Waals surface area contributed by atoms with Crippen molar-refractivity contribution in [1.29, 1.82) is 5.26 Å². The predicted octanol–water partition coefficient (Wildman–Crippen LogP) is 3.19. The van der Waals surface area contributed by atoms with Gasteiger partial charge in [-0.2, -0.15) is 5.26 Å². The van der Waals surface area contributed by atoms with E-state index in [1.165, 1.54) is 19.3 Å². The van der Waals surface area contributed by atoms with E-state index in [9.17, 15) is 0 Å². The van der Waals surface area contributed by atoms with Crippen LogP contribution in [0.2, 0.25) is 0 Å². The molecule has 3 rings (SSSR count). The van der Waals surface area contributed by atoms with Gasteiger partial charge in [0.2, 0.25) is 0 Å². The largest absolute Gasteiger partial charge is 0.378 e. The van der Waals surface area contributed by atoms with Crippen LogP contribution in [0.4, 0.5) is 0 Å². The Morgan fingerprint density at radius 1 is 1.44 bits per heavy atom. The van der Waals surface area contributed by atoms with Crippen LogP contribution in [0.3, 0.4) is 0 Å². The Kier molecular flexibility index (Phi) is 7.08. The minimum atomic E-state index is 0.